The number of aromatic nitrogens is 2. The number of amides is 1. The Morgan fingerprint density at radius 2 is 1.75 bits per heavy atom. The van der Waals surface area contributed by atoms with Crippen molar-refractivity contribution >= 4 is 16.9 Å². The highest BCUT2D eigenvalue weighted by molar-refractivity contribution is 5.94. The molecule has 1 N–H and O–H groups in total. The average molecular weight is 542 g/mol. The first-order valence-corrected chi connectivity index (χ1v) is 14.7. The molecule has 1 atom stereocenters. The van der Waals surface area contributed by atoms with E-state index in [0.717, 1.165) is 68.6 Å². The van der Waals surface area contributed by atoms with Crippen LogP contribution in [-0.2, 0) is 13.0 Å². The Balaban J connectivity index is 1.20. The van der Waals surface area contributed by atoms with E-state index in [1.54, 1.807) is 19.2 Å². The molecular weight excluding hydrogens is 498 g/mol. The Morgan fingerprint density at radius 1 is 0.925 bits per heavy atom. The first kappa shape index (κ1) is 29.2. The molecule has 0 bridgehead atoms. The molecule has 0 saturated carbocycles. The van der Waals surface area contributed by atoms with Gasteiger partial charge < -0.3 is 19.4 Å². The van der Waals surface area contributed by atoms with Crippen LogP contribution in [0.1, 0.15) is 80.0 Å². The Hall–Kier alpha value is -3.80. The predicted octanol–water partition coefficient (Wildman–Crippen LogP) is 7.56. The molecule has 3 aromatic carbocycles. The molecule has 1 aromatic heterocycles. The summed E-state index contributed by atoms with van der Waals surface area (Å²) in [6.45, 7) is 6.79. The van der Waals surface area contributed by atoms with Gasteiger partial charge in [-0.25, -0.2) is 4.98 Å². The van der Waals surface area contributed by atoms with Crippen LogP contribution in [0.15, 0.2) is 72.8 Å². The van der Waals surface area contributed by atoms with Crippen molar-refractivity contribution in [1.82, 2.24) is 14.9 Å². The molecule has 0 aliphatic heterocycles. The van der Waals surface area contributed by atoms with Gasteiger partial charge in [-0.3, -0.25) is 4.79 Å². The molecule has 1 amide bonds. The second kappa shape index (κ2) is 15.1. The highest BCUT2D eigenvalue weighted by Gasteiger charge is 2.11. The van der Waals surface area contributed by atoms with Crippen LogP contribution in [0.3, 0.4) is 0 Å². The minimum absolute atomic E-state index is 0.0622. The normalized spacial score (nSPS) is 11.9. The number of carbonyl (C=O) groups is 1. The highest BCUT2D eigenvalue weighted by Crippen LogP contribution is 2.22. The first-order valence-electron chi connectivity index (χ1n) is 14.7. The lowest BCUT2D eigenvalue weighted by Gasteiger charge is -2.12. The number of rotatable bonds is 16. The summed E-state index contributed by atoms with van der Waals surface area (Å²) in [5.41, 5.74) is 4.25. The van der Waals surface area contributed by atoms with Gasteiger partial charge in [-0.05, 0) is 86.1 Å². The number of nitrogens with zero attached hydrogens (tertiary/aromatic N) is 2. The minimum atomic E-state index is -0.0622. The smallest absolute Gasteiger partial charge is 0.251 e. The van der Waals surface area contributed by atoms with Crippen LogP contribution in [0.4, 0.5) is 0 Å². The average Bonchev–Trinajstić information content (AvgIpc) is 3.35. The molecule has 4 aromatic rings. The standard InChI is InChI=1S/C34H43N3O3/c1-4-26(2)27-18-20-29(21-19-27)40-24-11-10-23-37-32-16-8-7-15-31(32)36-33(37)17-6-5-9-22-35-34(38)28-13-12-14-30(25-28)39-3/h7-8,12-16,18-21,25-26H,4-6,9-11,17,22-24H2,1-3H3,(H,35,38). The number of imidazole rings is 1. The second-order valence-electron chi connectivity index (χ2n) is 10.4. The number of unbranched alkanes of at least 4 members (excludes halogenated alkanes) is 3. The highest BCUT2D eigenvalue weighted by atomic mass is 16.5. The second-order valence-corrected chi connectivity index (χ2v) is 10.4. The Labute approximate surface area is 238 Å². The summed E-state index contributed by atoms with van der Waals surface area (Å²) in [6, 6.07) is 24.2. The van der Waals surface area contributed by atoms with Crippen LogP contribution in [0.25, 0.3) is 11.0 Å². The van der Waals surface area contributed by atoms with Gasteiger partial charge in [0.2, 0.25) is 0 Å². The first-order chi connectivity index (χ1) is 19.6. The van der Waals surface area contributed by atoms with E-state index < -0.39 is 0 Å². The number of methoxy groups -OCH3 is 1. The van der Waals surface area contributed by atoms with Crippen molar-refractivity contribution in [3.8, 4) is 11.5 Å². The maximum absolute atomic E-state index is 12.4. The molecule has 0 radical (unpaired) electrons. The molecule has 40 heavy (non-hydrogen) atoms. The van der Waals surface area contributed by atoms with Crippen molar-refractivity contribution in [2.75, 3.05) is 20.3 Å². The van der Waals surface area contributed by atoms with Gasteiger partial charge in [0.25, 0.3) is 5.91 Å². The third-order valence-corrected chi connectivity index (χ3v) is 7.53. The van der Waals surface area contributed by atoms with Crippen molar-refractivity contribution in [1.29, 1.82) is 0 Å². The van der Waals surface area contributed by atoms with Crippen molar-refractivity contribution in [2.45, 2.75) is 71.3 Å². The van der Waals surface area contributed by atoms with Gasteiger partial charge in [0.1, 0.15) is 17.3 Å². The number of para-hydroxylation sites is 2. The Kier molecular flexibility index (Phi) is 11.0. The summed E-state index contributed by atoms with van der Waals surface area (Å²) in [5.74, 6) is 3.30. The van der Waals surface area contributed by atoms with E-state index in [0.29, 0.717) is 30.4 Å². The number of hydrogen-bond acceptors (Lipinski definition) is 4. The number of aryl methyl sites for hydroxylation is 2. The number of ether oxygens (including phenoxy) is 2. The largest absolute Gasteiger partial charge is 0.497 e. The third kappa shape index (κ3) is 8.10. The number of fused-ring (bicyclic) bond motifs is 1. The Bertz CT molecular complexity index is 1350. The lowest BCUT2D eigenvalue weighted by molar-refractivity contribution is 0.0952. The maximum atomic E-state index is 12.4. The van der Waals surface area contributed by atoms with Crippen LogP contribution < -0.4 is 14.8 Å². The molecule has 0 saturated heterocycles. The summed E-state index contributed by atoms with van der Waals surface area (Å²) in [4.78, 5) is 17.3. The van der Waals surface area contributed by atoms with Crippen molar-refractivity contribution < 1.29 is 14.3 Å². The van der Waals surface area contributed by atoms with E-state index >= 15 is 0 Å². The van der Waals surface area contributed by atoms with E-state index in [4.69, 9.17) is 14.5 Å². The van der Waals surface area contributed by atoms with E-state index in [1.807, 2.05) is 12.1 Å². The number of hydrogen-bond donors (Lipinski definition) is 1. The fraction of sp³-hybridized carbons (Fsp3) is 0.412. The van der Waals surface area contributed by atoms with E-state index in [1.165, 1.54) is 11.1 Å². The Morgan fingerprint density at radius 3 is 2.55 bits per heavy atom. The molecule has 212 valence electrons. The van der Waals surface area contributed by atoms with Crippen LogP contribution >= 0.6 is 0 Å². The summed E-state index contributed by atoms with van der Waals surface area (Å²) >= 11 is 0. The van der Waals surface area contributed by atoms with E-state index in [2.05, 4.69) is 72.3 Å². The summed E-state index contributed by atoms with van der Waals surface area (Å²) in [5, 5.41) is 3.02. The van der Waals surface area contributed by atoms with Gasteiger partial charge >= 0.3 is 0 Å². The van der Waals surface area contributed by atoms with Gasteiger partial charge in [0.15, 0.2) is 0 Å². The van der Waals surface area contributed by atoms with E-state index in [-0.39, 0.29) is 5.91 Å². The lowest BCUT2D eigenvalue weighted by Crippen LogP contribution is -2.24. The van der Waals surface area contributed by atoms with Crippen molar-refractivity contribution in [2.24, 2.45) is 0 Å². The molecule has 4 rings (SSSR count). The monoisotopic (exact) mass is 541 g/mol. The van der Waals surface area contributed by atoms with Crippen molar-refractivity contribution in [3.63, 3.8) is 0 Å². The van der Waals surface area contributed by atoms with E-state index in [9.17, 15) is 4.79 Å². The molecule has 1 heterocycles. The maximum Gasteiger partial charge on any atom is 0.251 e. The number of benzene rings is 3. The SMILES string of the molecule is CCC(C)c1ccc(OCCCCn2c(CCCCCNC(=O)c3cccc(OC)c3)nc3ccccc32)cc1. The molecule has 0 fully saturated rings. The minimum Gasteiger partial charge on any atom is -0.497 e. The topological polar surface area (TPSA) is 65.4 Å². The van der Waals surface area contributed by atoms with Gasteiger partial charge in [0.05, 0.1) is 24.8 Å². The third-order valence-electron chi connectivity index (χ3n) is 7.53. The molecule has 0 aliphatic carbocycles. The number of nitrogens with one attached hydrogen (secondary N) is 1. The quantitative estimate of drug-likeness (QED) is 0.149. The van der Waals surface area contributed by atoms with Crippen LogP contribution in [-0.4, -0.2) is 35.7 Å². The summed E-state index contributed by atoms with van der Waals surface area (Å²) < 4.78 is 13.6. The lowest BCUT2D eigenvalue weighted by atomic mass is 9.99. The van der Waals surface area contributed by atoms with Gasteiger partial charge in [0, 0.05) is 25.1 Å². The molecule has 1 unspecified atom stereocenters. The molecule has 0 aliphatic rings. The van der Waals surface area contributed by atoms with Gasteiger partial charge in [-0.2, -0.15) is 0 Å². The fourth-order valence-electron chi connectivity index (χ4n) is 4.91. The summed E-state index contributed by atoms with van der Waals surface area (Å²) in [6.07, 6.45) is 7.11. The molecule has 6 heteroatoms. The summed E-state index contributed by atoms with van der Waals surface area (Å²) in [7, 11) is 1.61. The van der Waals surface area contributed by atoms with Crippen molar-refractivity contribution in [3.05, 3.63) is 89.7 Å². The number of carbonyl (C=O) groups excluding carboxylic acids is 1. The molecule has 6 nitrogen and oxygen atoms in total. The fourth-order valence-corrected chi connectivity index (χ4v) is 4.91. The van der Waals surface area contributed by atoms with Crippen LogP contribution in [0, 0.1) is 0 Å². The van der Waals surface area contributed by atoms with Gasteiger partial charge in [-0.1, -0.05) is 50.6 Å². The molecule has 0 spiro atoms. The zero-order chi connectivity index (χ0) is 28.2. The molecular formula is C34H43N3O3. The van der Waals surface area contributed by atoms with Crippen LogP contribution in [0.2, 0.25) is 0 Å². The van der Waals surface area contributed by atoms with Crippen LogP contribution in [0.5, 0.6) is 11.5 Å². The van der Waals surface area contributed by atoms with Gasteiger partial charge in [-0.15, -0.1) is 0 Å². The zero-order valence-corrected chi connectivity index (χ0v) is 24.2. The zero-order valence-electron chi connectivity index (χ0n) is 24.2. The predicted molar refractivity (Wildman–Crippen MR) is 162 cm³/mol.